The minimum atomic E-state index is 0.0416. The highest BCUT2D eigenvalue weighted by molar-refractivity contribution is 5.26. The maximum atomic E-state index is 8.83. The van der Waals surface area contributed by atoms with Gasteiger partial charge in [0.25, 0.3) is 0 Å². The van der Waals surface area contributed by atoms with E-state index in [-0.39, 0.29) is 12.7 Å². The number of ether oxygens (including phenoxy) is 2. The lowest BCUT2D eigenvalue weighted by atomic mass is 10.2. The van der Waals surface area contributed by atoms with E-state index in [1.807, 2.05) is 31.2 Å². The predicted molar refractivity (Wildman–Crippen MR) is 54.3 cm³/mol. The fourth-order valence-corrected chi connectivity index (χ4v) is 1.17. The zero-order valence-corrected chi connectivity index (χ0v) is 8.56. The average Bonchev–Trinajstić information content (AvgIpc) is 2.19. The van der Waals surface area contributed by atoms with Crippen LogP contribution in [0.25, 0.3) is 0 Å². The van der Waals surface area contributed by atoms with Crippen LogP contribution in [0.5, 0.6) is 5.75 Å². The molecular weight excluding hydrogens is 180 g/mol. The monoisotopic (exact) mass is 196 g/mol. The highest BCUT2D eigenvalue weighted by Crippen LogP contribution is 2.13. The van der Waals surface area contributed by atoms with E-state index in [1.165, 1.54) is 0 Å². The van der Waals surface area contributed by atoms with Gasteiger partial charge in [0.15, 0.2) is 0 Å². The number of hydrogen-bond acceptors (Lipinski definition) is 3. The Bertz CT molecular complexity index is 256. The summed E-state index contributed by atoms with van der Waals surface area (Å²) >= 11 is 0. The maximum absolute atomic E-state index is 8.83. The minimum absolute atomic E-state index is 0.0416. The molecule has 1 atom stereocenters. The largest absolute Gasteiger partial charge is 0.488 e. The van der Waals surface area contributed by atoms with Crippen molar-refractivity contribution in [2.24, 2.45) is 0 Å². The summed E-state index contributed by atoms with van der Waals surface area (Å²) in [5, 5.41) is 8.83. The average molecular weight is 196 g/mol. The fourth-order valence-electron chi connectivity index (χ4n) is 1.17. The molecule has 0 saturated carbocycles. The first-order chi connectivity index (χ1) is 6.76. The van der Waals surface area contributed by atoms with Crippen LogP contribution in [-0.4, -0.2) is 24.9 Å². The van der Waals surface area contributed by atoms with E-state index in [4.69, 9.17) is 14.6 Å². The summed E-state index contributed by atoms with van der Waals surface area (Å²) in [4.78, 5) is 0. The SMILES string of the molecule is COC[C@H](C)Oc1ccc(CO)cc1. The van der Waals surface area contributed by atoms with Crippen molar-refractivity contribution in [3.63, 3.8) is 0 Å². The van der Waals surface area contributed by atoms with Gasteiger partial charge < -0.3 is 14.6 Å². The van der Waals surface area contributed by atoms with Gasteiger partial charge in [-0.05, 0) is 24.6 Å². The van der Waals surface area contributed by atoms with Crippen LogP contribution in [0.1, 0.15) is 12.5 Å². The quantitative estimate of drug-likeness (QED) is 0.777. The number of benzene rings is 1. The Morgan fingerprint density at radius 3 is 2.43 bits per heavy atom. The zero-order chi connectivity index (χ0) is 10.4. The Kier molecular flexibility index (Phi) is 4.43. The smallest absolute Gasteiger partial charge is 0.119 e. The van der Waals surface area contributed by atoms with Gasteiger partial charge in [0, 0.05) is 7.11 Å². The van der Waals surface area contributed by atoms with Crippen molar-refractivity contribution >= 4 is 0 Å². The molecule has 78 valence electrons. The third kappa shape index (κ3) is 3.36. The molecule has 1 aromatic carbocycles. The van der Waals surface area contributed by atoms with E-state index >= 15 is 0 Å². The van der Waals surface area contributed by atoms with Gasteiger partial charge in [0.1, 0.15) is 11.9 Å². The van der Waals surface area contributed by atoms with Crippen LogP contribution < -0.4 is 4.74 Å². The molecule has 0 aliphatic heterocycles. The van der Waals surface area contributed by atoms with E-state index in [0.717, 1.165) is 11.3 Å². The van der Waals surface area contributed by atoms with Crippen LogP contribution in [0.2, 0.25) is 0 Å². The lowest BCUT2D eigenvalue weighted by Gasteiger charge is -2.13. The predicted octanol–water partition coefficient (Wildman–Crippen LogP) is 1.59. The minimum Gasteiger partial charge on any atom is -0.488 e. The van der Waals surface area contributed by atoms with Gasteiger partial charge in [-0.2, -0.15) is 0 Å². The molecule has 0 fully saturated rings. The third-order valence-corrected chi connectivity index (χ3v) is 1.84. The van der Waals surface area contributed by atoms with Gasteiger partial charge >= 0.3 is 0 Å². The number of aliphatic hydroxyl groups is 1. The number of methoxy groups -OCH3 is 1. The number of aliphatic hydroxyl groups excluding tert-OH is 1. The Morgan fingerprint density at radius 1 is 1.29 bits per heavy atom. The van der Waals surface area contributed by atoms with Gasteiger partial charge in [-0.1, -0.05) is 12.1 Å². The molecule has 0 saturated heterocycles. The summed E-state index contributed by atoms with van der Waals surface area (Å²) in [7, 11) is 1.65. The first-order valence-corrected chi connectivity index (χ1v) is 4.61. The molecule has 1 N–H and O–H groups in total. The van der Waals surface area contributed by atoms with Crippen LogP contribution in [0.4, 0.5) is 0 Å². The van der Waals surface area contributed by atoms with E-state index < -0.39 is 0 Å². The molecule has 0 aromatic heterocycles. The normalized spacial score (nSPS) is 12.5. The van der Waals surface area contributed by atoms with Crippen LogP contribution in [-0.2, 0) is 11.3 Å². The summed E-state index contributed by atoms with van der Waals surface area (Å²) in [5.41, 5.74) is 0.886. The van der Waals surface area contributed by atoms with E-state index in [1.54, 1.807) is 7.11 Å². The maximum Gasteiger partial charge on any atom is 0.119 e. The van der Waals surface area contributed by atoms with Crippen molar-refractivity contribution < 1.29 is 14.6 Å². The highest BCUT2D eigenvalue weighted by Gasteiger charge is 2.02. The first-order valence-electron chi connectivity index (χ1n) is 4.61. The Balaban J connectivity index is 2.50. The standard InChI is InChI=1S/C11H16O3/c1-9(8-13-2)14-11-5-3-10(7-12)4-6-11/h3-6,9,12H,7-8H2,1-2H3/t9-/m0/s1. The summed E-state index contributed by atoms with van der Waals surface area (Å²) in [6.07, 6.45) is 0.0416. The highest BCUT2D eigenvalue weighted by atomic mass is 16.5. The molecule has 0 aliphatic rings. The third-order valence-electron chi connectivity index (χ3n) is 1.84. The number of hydrogen-bond donors (Lipinski definition) is 1. The molecule has 0 unspecified atom stereocenters. The van der Waals surface area contributed by atoms with E-state index in [9.17, 15) is 0 Å². The van der Waals surface area contributed by atoms with Crippen molar-refractivity contribution in [2.75, 3.05) is 13.7 Å². The summed E-state index contributed by atoms with van der Waals surface area (Å²) in [6, 6.07) is 7.37. The second kappa shape index (κ2) is 5.62. The van der Waals surface area contributed by atoms with Crippen LogP contribution in [0.15, 0.2) is 24.3 Å². The van der Waals surface area contributed by atoms with E-state index in [0.29, 0.717) is 6.61 Å². The topological polar surface area (TPSA) is 38.7 Å². The molecule has 0 heterocycles. The summed E-state index contributed by atoms with van der Waals surface area (Å²) in [5.74, 6) is 0.798. The zero-order valence-electron chi connectivity index (χ0n) is 8.56. The first kappa shape index (κ1) is 11.0. The van der Waals surface area contributed by atoms with Crippen LogP contribution in [0, 0.1) is 0 Å². The molecule has 0 bridgehead atoms. The van der Waals surface area contributed by atoms with Crippen molar-refractivity contribution in [3.05, 3.63) is 29.8 Å². The van der Waals surface area contributed by atoms with Gasteiger partial charge in [0.05, 0.1) is 13.2 Å². The van der Waals surface area contributed by atoms with Crippen molar-refractivity contribution in [1.82, 2.24) is 0 Å². The molecule has 0 aliphatic carbocycles. The van der Waals surface area contributed by atoms with Crippen LogP contribution >= 0.6 is 0 Å². The van der Waals surface area contributed by atoms with Gasteiger partial charge in [-0.3, -0.25) is 0 Å². The van der Waals surface area contributed by atoms with E-state index in [2.05, 4.69) is 0 Å². The van der Waals surface area contributed by atoms with Crippen molar-refractivity contribution in [2.45, 2.75) is 19.6 Å². The van der Waals surface area contributed by atoms with Gasteiger partial charge in [-0.25, -0.2) is 0 Å². The van der Waals surface area contributed by atoms with Crippen LogP contribution in [0.3, 0.4) is 0 Å². The Hall–Kier alpha value is -1.06. The molecule has 0 spiro atoms. The molecule has 14 heavy (non-hydrogen) atoms. The summed E-state index contributed by atoms with van der Waals surface area (Å²) in [6.45, 7) is 2.58. The lowest BCUT2D eigenvalue weighted by Crippen LogP contribution is -2.17. The fraction of sp³-hybridized carbons (Fsp3) is 0.455. The molecule has 3 nitrogen and oxygen atoms in total. The Labute approximate surface area is 84.3 Å². The second-order valence-electron chi connectivity index (χ2n) is 3.19. The second-order valence-corrected chi connectivity index (χ2v) is 3.19. The molecule has 3 heteroatoms. The molecule has 1 aromatic rings. The molecular formula is C11H16O3. The Morgan fingerprint density at radius 2 is 1.93 bits per heavy atom. The van der Waals surface area contributed by atoms with Crippen molar-refractivity contribution in [3.8, 4) is 5.75 Å². The van der Waals surface area contributed by atoms with Gasteiger partial charge in [0.2, 0.25) is 0 Å². The summed E-state index contributed by atoms with van der Waals surface area (Å²) < 4.78 is 10.5. The molecule has 1 rings (SSSR count). The van der Waals surface area contributed by atoms with Crippen molar-refractivity contribution in [1.29, 1.82) is 0 Å². The lowest BCUT2D eigenvalue weighted by molar-refractivity contribution is 0.0920. The van der Waals surface area contributed by atoms with Gasteiger partial charge in [-0.15, -0.1) is 0 Å². The molecule has 0 radical (unpaired) electrons. The number of rotatable bonds is 5. The molecule has 0 amide bonds.